The lowest BCUT2D eigenvalue weighted by Crippen LogP contribution is -2.21. The van der Waals surface area contributed by atoms with E-state index in [0.717, 1.165) is 22.0 Å². The fourth-order valence-corrected chi connectivity index (χ4v) is 3.01. The van der Waals surface area contributed by atoms with Crippen LogP contribution in [0, 0.1) is 13.8 Å². The van der Waals surface area contributed by atoms with Crippen molar-refractivity contribution in [2.75, 3.05) is 12.4 Å². The summed E-state index contributed by atoms with van der Waals surface area (Å²) in [6, 6.07) is 13.2. The molecule has 1 aromatic heterocycles. The van der Waals surface area contributed by atoms with Crippen LogP contribution in [0.5, 0.6) is 0 Å². The summed E-state index contributed by atoms with van der Waals surface area (Å²) in [7, 11) is 1.32. The highest BCUT2D eigenvalue weighted by atomic mass is 16.5. The van der Waals surface area contributed by atoms with E-state index in [1.54, 1.807) is 12.1 Å². The Kier molecular flexibility index (Phi) is 4.57. The molecule has 3 rings (SSSR count). The van der Waals surface area contributed by atoms with Crippen LogP contribution < -0.4 is 5.32 Å². The van der Waals surface area contributed by atoms with E-state index in [9.17, 15) is 9.59 Å². The molecule has 0 bridgehead atoms. The van der Waals surface area contributed by atoms with Gasteiger partial charge in [0.25, 0.3) is 0 Å². The topological polar surface area (TPSA) is 60.3 Å². The number of benzene rings is 2. The molecule has 1 heterocycles. The Hall–Kier alpha value is -3.08. The lowest BCUT2D eigenvalue weighted by Gasteiger charge is -2.13. The van der Waals surface area contributed by atoms with Crippen molar-refractivity contribution in [2.24, 2.45) is 0 Å². The van der Waals surface area contributed by atoms with Crippen molar-refractivity contribution in [3.63, 3.8) is 0 Å². The van der Waals surface area contributed by atoms with Crippen molar-refractivity contribution in [1.29, 1.82) is 0 Å². The highest BCUT2D eigenvalue weighted by Gasteiger charge is 2.16. The average Bonchev–Trinajstić information content (AvgIpc) is 2.92. The van der Waals surface area contributed by atoms with Crippen LogP contribution in [0.4, 0.5) is 5.69 Å². The van der Waals surface area contributed by atoms with Crippen LogP contribution >= 0.6 is 0 Å². The van der Waals surface area contributed by atoms with Gasteiger partial charge in [0, 0.05) is 17.1 Å². The van der Waals surface area contributed by atoms with Crippen molar-refractivity contribution < 1.29 is 14.3 Å². The number of amides is 1. The summed E-state index contributed by atoms with van der Waals surface area (Å²) < 4.78 is 6.71. The number of para-hydroxylation sites is 2. The summed E-state index contributed by atoms with van der Waals surface area (Å²) in [4.78, 5) is 24.5. The number of methoxy groups -OCH3 is 1. The number of esters is 1. The van der Waals surface area contributed by atoms with Gasteiger partial charge < -0.3 is 14.6 Å². The molecule has 0 aliphatic rings. The molecule has 1 N–H and O–H groups in total. The van der Waals surface area contributed by atoms with E-state index < -0.39 is 5.97 Å². The molecule has 0 saturated carbocycles. The molecule has 0 radical (unpaired) electrons. The molecule has 5 heteroatoms. The van der Waals surface area contributed by atoms with Crippen LogP contribution in [0.1, 0.15) is 21.5 Å². The summed E-state index contributed by atoms with van der Waals surface area (Å²) in [5.74, 6) is -0.665. The van der Waals surface area contributed by atoms with Crippen molar-refractivity contribution >= 4 is 28.5 Å². The predicted octanol–water partition coefficient (Wildman–Crippen LogP) is 3.68. The maximum absolute atomic E-state index is 12.6. The van der Waals surface area contributed by atoms with Crippen LogP contribution in [0.3, 0.4) is 0 Å². The molecule has 0 atom stereocenters. The number of hydrogen-bond donors (Lipinski definition) is 1. The number of hydrogen-bond acceptors (Lipinski definition) is 3. The zero-order valence-corrected chi connectivity index (χ0v) is 14.5. The Morgan fingerprint density at radius 1 is 1.04 bits per heavy atom. The highest BCUT2D eigenvalue weighted by Crippen LogP contribution is 2.23. The summed E-state index contributed by atoms with van der Waals surface area (Å²) in [6.07, 6.45) is 1.96. The Labute approximate surface area is 146 Å². The Balaban J connectivity index is 1.87. The Morgan fingerprint density at radius 2 is 1.80 bits per heavy atom. The van der Waals surface area contributed by atoms with E-state index in [0.29, 0.717) is 11.3 Å². The molecule has 0 fully saturated rings. The van der Waals surface area contributed by atoms with Crippen LogP contribution in [0.2, 0.25) is 0 Å². The maximum Gasteiger partial charge on any atom is 0.339 e. The van der Waals surface area contributed by atoms with Gasteiger partial charge in [0.05, 0.1) is 18.4 Å². The Bertz CT molecular complexity index is 957. The maximum atomic E-state index is 12.6. The minimum Gasteiger partial charge on any atom is -0.465 e. The fraction of sp³-hybridized carbons (Fsp3) is 0.200. The van der Waals surface area contributed by atoms with Gasteiger partial charge in [-0.2, -0.15) is 0 Å². The van der Waals surface area contributed by atoms with Crippen molar-refractivity contribution in [3.05, 3.63) is 65.4 Å². The number of aryl methyl sites for hydroxylation is 2. The molecule has 25 heavy (non-hydrogen) atoms. The fourth-order valence-electron chi connectivity index (χ4n) is 3.01. The van der Waals surface area contributed by atoms with Crippen molar-refractivity contribution in [2.45, 2.75) is 20.4 Å². The molecule has 1 amide bonds. The van der Waals surface area contributed by atoms with Crippen LogP contribution in [0.15, 0.2) is 48.7 Å². The monoisotopic (exact) mass is 336 g/mol. The summed E-state index contributed by atoms with van der Waals surface area (Å²) >= 11 is 0. The average molecular weight is 336 g/mol. The molecule has 0 unspecified atom stereocenters. The first-order valence-electron chi connectivity index (χ1n) is 8.03. The number of carbonyl (C=O) groups excluding carboxylic acids is 2. The summed E-state index contributed by atoms with van der Waals surface area (Å²) in [6.45, 7) is 4.04. The van der Waals surface area contributed by atoms with E-state index in [4.69, 9.17) is 4.74 Å². The second-order valence-electron chi connectivity index (χ2n) is 5.99. The second-order valence-corrected chi connectivity index (χ2v) is 5.99. The molecule has 2 aromatic carbocycles. The zero-order chi connectivity index (χ0) is 18.0. The molecule has 0 aliphatic carbocycles. The third kappa shape index (κ3) is 3.26. The number of anilines is 1. The van der Waals surface area contributed by atoms with Gasteiger partial charge in [-0.25, -0.2) is 4.79 Å². The SMILES string of the molecule is COC(=O)c1cccc(C)c1NC(=O)Cn1cc(C)c2ccccc21. The van der Waals surface area contributed by atoms with Crippen molar-refractivity contribution in [1.82, 2.24) is 4.57 Å². The smallest absolute Gasteiger partial charge is 0.339 e. The van der Waals surface area contributed by atoms with E-state index in [-0.39, 0.29) is 12.5 Å². The number of fused-ring (bicyclic) bond motifs is 1. The normalized spacial score (nSPS) is 10.7. The quantitative estimate of drug-likeness (QED) is 0.739. The Morgan fingerprint density at radius 3 is 2.56 bits per heavy atom. The molecule has 0 spiro atoms. The van der Waals surface area contributed by atoms with E-state index in [1.807, 2.05) is 54.9 Å². The molecular formula is C20H20N2O3. The van der Waals surface area contributed by atoms with Crippen LogP contribution in [0.25, 0.3) is 10.9 Å². The van der Waals surface area contributed by atoms with Crippen molar-refractivity contribution in [3.8, 4) is 0 Å². The zero-order valence-electron chi connectivity index (χ0n) is 14.5. The first-order valence-corrected chi connectivity index (χ1v) is 8.03. The number of rotatable bonds is 4. The van der Waals surface area contributed by atoms with Gasteiger partial charge in [-0.3, -0.25) is 4.79 Å². The lowest BCUT2D eigenvalue weighted by molar-refractivity contribution is -0.116. The van der Waals surface area contributed by atoms with Gasteiger partial charge in [0.1, 0.15) is 6.54 Å². The standard InChI is InChI=1S/C20H20N2O3/c1-13-7-6-9-16(20(24)25-3)19(13)21-18(23)12-22-11-14(2)15-8-4-5-10-17(15)22/h4-11H,12H2,1-3H3,(H,21,23). The lowest BCUT2D eigenvalue weighted by atomic mass is 10.1. The van der Waals surface area contributed by atoms with Gasteiger partial charge in [0.15, 0.2) is 0 Å². The summed E-state index contributed by atoms with van der Waals surface area (Å²) in [5, 5.41) is 3.98. The molecule has 0 aliphatic heterocycles. The largest absolute Gasteiger partial charge is 0.465 e. The van der Waals surface area contributed by atoms with E-state index >= 15 is 0 Å². The van der Waals surface area contributed by atoms with Gasteiger partial charge >= 0.3 is 5.97 Å². The van der Waals surface area contributed by atoms with E-state index in [2.05, 4.69) is 5.32 Å². The predicted molar refractivity (Wildman–Crippen MR) is 97.8 cm³/mol. The number of aromatic nitrogens is 1. The van der Waals surface area contributed by atoms with Gasteiger partial charge in [-0.1, -0.05) is 30.3 Å². The second kappa shape index (κ2) is 6.81. The van der Waals surface area contributed by atoms with Gasteiger partial charge in [-0.15, -0.1) is 0 Å². The first-order chi connectivity index (χ1) is 12.0. The van der Waals surface area contributed by atoms with Crippen LogP contribution in [-0.4, -0.2) is 23.6 Å². The van der Waals surface area contributed by atoms with E-state index in [1.165, 1.54) is 7.11 Å². The molecular weight excluding hydrogens is 316 g/mol. The number of ether oxygens (including phenoxy) is 1. The third-order valence-corrected chi connectivity index (χ3v) is 4.24. The van der Waals surface area contributed by atoms with Gasteiger partial charge in [0.2, 0.25) is 5.91 Å². The summed E-state index contributed by atoms with van der Waals surface area (Å²) in [5.41, 5.74) is 3.78. The molecule has 0 saturated heterocycles. The minimum atomic E-state index is -0.471. The number of nitrogens with zero attached hydrogens (tertiary/aromatic N) is 1. The molecule has 5 nitrogen and oxygen atoms in total. The molecule has 128 valence electrons. The first kappa shape index (κ1) is 16.8. The number of carbonyl (C=O) groups is 2. The highest BCUT2D eigenvalue weighted by molar-refractivity contribution is 6.02. The van der Waals surface area contributed by atoms with Crippen LogP contribution in [-0.2, 0) is 16.1 Å². The molecule has 3 aromatic rings. The number of nitrogens with one attached hydrogen (secondary N) is 1. The minimum absolute atomic E-state index is 0.170. The van der Waals surface area contributed by atoms with Gasteiger partial charge in [-0.05, 0) is 37.1 Å². The third-order valence-electron chi connectivity index (χ3n) is 4.24.